The van der Waals surface area contributed by atoms with Gasteiger partial charge in [0.05, 0.1) is 10.6 Å². The number of amidine groups is 1. The predicted octanol–water partition coefficient (Wildman–Crippen LogP) is 4.98. The molecule has 0 atom stereocenters. The first-order valence-corrected chi connectivity index (χ1v) is 11.3. The maximum absolute atomic E-state index is 12.6. The van der Waals surface area contributed by atoms with Gasteiger partial charge in [0, 0.05) is 16.9 Å². The smallest absolute Gasteiger partial charge is 0.294 e. The van der Waals surface area contributed by atoms with Crippen molar-refractivity contribution in [3.05, 3.63) is 65.8 Å². The van der Waals surface area contributed by atoms with Crippen LogP contribution >= 0.6 is 34.7 Å². The molecule has 26 heavy (non-hydrogen) atoms. The van der Waals surface area contributed by atoms with Crippen LogP contribution in [-0.2, 0) is 10.0 Å². The Bertz CT molecular complexity index is 1020. The van der Waals surface area contributed by atoms with Gasteiger partial charge in [-0.15, -0.1) is 15.7 Å². The van der Waals surface area contributed by atoms with Gasteiger partial charge in [0.25, 0.3) is 10.0 Å². The van der Waals surface area contributed by atoms with E-state index < -0.39 is 10.0 Å². The molecule has 0 amide bonds. The van der Waals surface area contributed by atoms with Gasteiger partial charge >= 0.3 is 0 Å². The second-order valence-corrected chi connectivity index (χ2v) is 9.19. The quantitative estimate of drug-likeness (QED) is 0.473. The summed E-state index contributed by atoms with van der Waals surface area (Å²) in [4.78, 5) is 5.01. The van der Waals surface area contributed by atoms with Gasteiger partial charge in [-0.2, -0.15) is 8.42 Å². The summed E-state index contributed by atoms with van der Waals surface area (Å²) in [7, 11) is -3.82. The average Bonchev–Trinajstić information content (AvgIpc) is 3.15. The van der Waals surface area contributed by atoms with E-state index in [0.29, 0.717) is 10.7 Å². The number of nitrogens with one attached hydrogen (secondary N) is 1. The number of sulfonamides is 1. The third-order valence-corrected chi connectivity index (χ3v) is 7.04. The molecule has 0 radical (unpaired) electrons. The van der Waals surface area contributed by atoms with Crippen LogP contribution in [0.2, 0.25) is 5.02 Å². The number of halogens is 1. The highest BCUT2D eigenvalue weighted by Crippen LogP contribution is 2.30. The van der Waals surface area contributed by atoms with E-state index in [1.807, 2.05) is 18.2 Å². The molecule has 0 aliphatic heterocycles. The van der Waals surface area contributed by atoms with E-state index in [-0.39, 0.29) is 9.38 Å². The molecule has 0 unspecified atom stereocenters. The molecular weight excluding hydrogens is 410 g/mol. The molecule has 1 N–H and O–H groups in total. The molecule has 3 rings (SSSR count). The monoisotopic (exact) mass is 423 g/mol. The zero-order chi connectivity index (χ0) is 18.6. The van der Waals surface area contributed by atoms with Crippen LogP contribution in [0.5, 0.6) is 0 Å². The van der Waals surface area contributed by atoms with Crippen LogP contribution in [0.15, 0.2) is 69.4 Å². The van der Waals surface area contributed by atoms with Crippen molar-refractivity contribution in [1.29, 1.82) is 0 Å². The first-order chi connectivity index (χ1) is 12.5. The molecule has 2 heterocycles. The van der Waals surface area contributed by atoms with Crippen molar-refractivity contribution in [3.63, 3.8) is 0 Å². The third-order valence-electron chi connectivity index (χ3n) is 3.24. The van der Waals surface area contributed by atoms with Crippen molar-refractivity contribution in [2.24, 2.45) is 4.40 Å². The number of pyridine rings is 1. The van der Waals surface area contributed by atoms with Crippen LogP contribution in [0.3, 0.4) is 0 Å². The Morgan fingerprint density at radius 3 is 2.58 bits per heavy atom. The van der Waals surface area contributed by atoms with Crippen LogP contribution in [0.4, 0.5) is 5.69 Å². The molecule has 2 aromatic heterocycles. The number of rotatable bonds is 4. The number of thiophene rings is 1. The number of benzene rings is 1. The first-order valence-electron chi connectivity index (χ1n) is 7.41. The molecule has 3 aromatic rings. The Labute approximate surface area is 165 Å². The van der Waals surface area contributed by atoms with E-state index in [0.717, 1.165) is 21.9 Å². The van der Waals surface area contributed by atoms with Crippen molar-refractivity contribution >= 4 is 55.6 Å². The topological polar surface area (TPSA) is 71.4 Å². The molecule has 0 aliphatic rings. The largest absolute Gasteiger partial charge is 0.334 e. The van der Waals surface area contributed by atoms with Crippen LogP contribution in [0.25, 0.3) is 10.6 Å². The van der Waals surface area contributed by atoms with Gasteiger partial charge in [-0.3, -0.25) is 4.98 Å². The maximum Gasteiger partial charge on any atom is 0.294 e. The average molecular weight is 424 g/mol. The number of hydrogen-bond donors (Lipinski definition) is 1. The lowest BCUT2D eigenvalue weighted by Crippen LogP contribution is -2.10. The number of aromatic nitrogens is 1. The standard InChI is InChI=1S/C17H14ClN3O2S3/c1-24-17(20-13-7-5-12(18)6-8-13)21-26(22,23)16-10-9-15(25-16)14-4-2-3-11-19-14/h2-11H,1H3,(H,20,21). The lowest BCUT2D eigenvalue weighted by molar-refractivity contribution is 0.600. The molecule has 0 bridgehead atoms. The van der Waals surface area contributed by atoms with E-state index in [1.54, 1.807) is 48.9 Å². The lowest BCUT2D eigenvalue weighted by Gasteiger charge is -2.07. The Morgan fingerprint density at radius 1 is 1.15 bits per heavy atom. The molecular formula is C17H14ClN3O2S3. The first kappa shape index (κ1) is 18.9. The fourth-order valence-electron chi connectivity index (χ4n) is 2.03. The maximum atomic E-state index is 12.6. The zero-order valence-electron chi connectivity index (χ0n) is 13.6. The summed E-state index contributed by atoms with van der Waals surface area (Å²) in [6.07, 6.45) is 3.42. The minimum atomic E-state index is -3.82. The summed E-state index contributed by atoms with van der Waals surface area (Å²) < 4.78 is 29.3. The molecule has 0 fully saturated rings. The summed E-state index contributed by atoms with van der Waals surface area (Å²) in [5.74, 6) is 0. The summed E-state index contributed by atoms with van der Waals surface area (Å²) in [6.45, 7) is 0. The van der Waals surface area contributed by atoms with Gasteiger partial charge in [0.15, 0.2) is 5.17 Å². The lowest BCUT2D eigenvalue weighted by atomic mass is 10.3. The van der Waals surface area contributed by atoms with Crippen molar-refractivity contribution in [2.75, 3.05) is 11.6 Å². The highest BCUT2D eigenvalue weighted by atomic mass is 35.5. The highest BCUT2D eigenvalue weighted by molar-refractivity contribution is 8.14. The summed E-state index contributed by atoms with van der Waals surface area (Å²) in [5, 5.41) is 3.87. The SMILES string of the molecule is CS/C(=N\S(=O)(=O)c1ccc(-c2ccccn2)s1)Nc1ccc(Cl)cc1. The minimum Gasteiger partial charge on any atom is -0.334 e. The molecule has 9 heteroatoms. The molecule has 0 saturated carbocycles. The highest BCUT2D eigenvalue weighted by Gasteiger charge is 2.18. The third kappa shape index (κ3) is 4.64. The van der Waals surface area contributed by atoms with Crippen LogP contribution in [-0.4, -0.2) is 24.8 Å². The number of anilines is 1. The molecule has 1 aromatic carbocycles. The number of nitrogens with zero attached hydrogens (tertiary/aromatic N) is 2. The van der Waals surface area contributed by atoms with Crippen molar-refractivity contribution < 1.29 is 8.42 Å². The fraction of sp³-hybridized carbons (Fsp3) is 0.0588. The number of hydrogen-bond acceptors (Lipinski definition) is 5. The second kappa shape index (κ2) is 8.22. The van der Waals surface area contributed by atoms with Gasteiger partial charge in [0.1, 0.15) is 4.21 Å². The second-order valence-electron chi connectivity index (χ2n) is 5.04. The van der Waals surface area contributed by atoms with Crippen molar-refractivity contribution in [3.8, 4) is 10.6 Å². The van der Waals surface area contributed by atoms with Gasteiger partial charge in [-0.05, 0) is 54.8 Å². The minimum absolute atomic E-state index is 0.169. The Kier molecular flexibility index (Phi) is 5.98. The van der Waals surface area contributed by atoms with Crippen molar-refractivity contribution in [2.45, 2.75) is 4.21 Å². The normalized spacial score (nSPS) is 12.2. The van der Waals surface area contributed by atoms with Crippen LogP contribution in [0.1, 0.15) is 0 Å². The van der Waals surface area contributed by atoms with Crippen LogP contribution in [0, 0.1) is 0 Å². The van der Waals surface area contributed by atoms with E-state index in [9.17, 15) is 8.42 Å². The Balaban J connectivity index is 1.85. The van der Waals surface area contributed by atoms with Gasteiger partial charge in [-0.25, -0.2) is 0 Å². The van der Waals surface area contributed by atoms with E-state index in [1.165, 1.54) is 11.8 Å². The summed E-state index contributed by atoms with van der Waals surface area (Å²) in [5.41, 5.74) is 1.44. The molecule has 0 aliphatic carbocycles. The zero-order valence-corrected chi connectivity index (χ0v) is 16.8. The predicted molar refractivity (Wildman–Crippen MR) is 111 cm³/mol. The van der Waals surface area contributed by atoms with Gasteiger partial charge < -0.3 is 5.32 Å². The van der Waals surface area contributed by atoms with E-state index >= 15 is 0 Å². The molecule has 0 saturated heterocycles. The van der Waals surface area contributed by atoms with Gasteiger partial charge in [0.2, 0.25) is 0 Å². The number of thioether (sulfide) groups is 1. The summed E-state index contributed by atoms with van der Waals surface area (Å²) >= 11 is 8.21. The van der Waals surface area contributed by atoms with Gasteiger partial charge in [-0.1, -0.05) is 29.4 Å². The van der Waals surface area contributed by atoms with Crippen molar-refractivity contribution in [1.82, 2.24) is 4.98 Å². The van der Waals surface area contributed by atoms with E-state index in [4.69, 9.17) is 11.6 Å². The van der Waals surface area contributed by atoms with E-state index in [2.05, 4.69) is 14.7 Å². The van der Waals surface area contributed by atoms with Crippen LogP contribution < -0.4 is 5.32 Å². The Morgan fingerprint density at radius 2 is 1.92 bits per heavy atom. The fourth-order valence-corrected chi connectivity index (χ4v) is 5.08. The Hall–Kier alpha value is -1.87. The summed E-state index contributed by atoms with van der Waals surface area (Å²) in [6, 6.07) is 15.7. The molecule has 5 nitrogen and oxygen atoms in total. The molecule has 0 spiro atoms. The molecule has 134 valence electrons.